The maximum absolute atomic E-state index is 13.7. The largest absolute Gasteiger partial charge is 0.483 e. The van der Waals surface area contributed by atoms with Crippen LogP contribution in [0.3, 0.4) is 0 Å². The van der Waals surface area contributed by atoms with Gasteiger partial charge in [-0.2, -0.15) is 0 Å². The zero-order chi connectivity index (χ0) is 23.9. The lowest BCUT2D eigenvalue weighted by Gasteiger charge is -2.12. The lowest BCUT2D eigenvalue weighted by Crippen LogP contribution is -2.22. The highest BCUT2D eigenvalue weighted by Crippen LogP contribution is 2.21. The van der Waals surface area contributed by atoms with Crippen molar-refractivity contribution in [3.05, 3.63) is 108 Å². The summed E-state index contributed by atoms with van der Waals surface area (Å²) < 4.78 is 21.3. The van der Waals surface area contributed by atoms with Gasteiger partial charge in [0.25, 0.3) is 11.8 Å². The zero-order valence-electron chi connectivity index (χ0n) is 18.5. The molecule has 4 aromatic rings. The molecule has 2 N–H and O–H groups in total. The van der Waals surface area contributed by atoms with E-state index in [0.29, 0.717) is 12.2 Å². The molecule has 8 heteroatoms. The molecular formula is C26H23FN4O3. The van der Waals surface area contributed by atoms with Crippen LogP contribution in [0.4, 0.5) is 15.8 Å². The number of aryl methyl sites for hydroxylation is 1. The maximum atomic E-state index is 13.7. The monoisotopic (exact) mass is 458 g/mol. The fourth-order valence-corrected chi connectivity index (χ4v) is 3.33. The molecule has 0 aliphatic rings. The fourth-order valence-electron chi connectivity index (χ4n) is 3.33. The number of aromatic nitrogens is 2. The molecule has 0 fully saturated rings. The third-order valence-corrected chi connectivity index (χ3v) is 5.13. The van der Waals surface area contributed by atoms with Crippen LogP contribution in [0.25, 0.3) is 0 Å². The number of benzene rings is 3. The number of hydrogen-bond acceptors (Lipinski definition) is 4. The van der Waals surface area contributed by atoms with Crippen molar-refractivity contribution < 1.29 is 18.7 Å². The molecule has 2 amide bonds. The van der Waals surface area contributed by atoms with Crippen molar-refractivity contribution in [1.29, 1.82) is 0 Å². The number of anilines is 2. The van der Waals surface area contributed by atoms with Gasteiger partial charge in [0.1, 0.15) is 17.4 Å². The molecule has 4 rings (SSSR count). The first-order chi connectivity index (χ1) is 16.5. The molecule has 0 saturated carbocycles. The maximum Gasteiger partial charge on any atom is 0.262 e. The Morgan fingerprint density at radius 2 is 1.71 bits per heavy atom. The van der Waals surface area contributed by atoms with Crippen LogP contribution in [-0.4, -0.2) is 28.0 Å². The van der Waals surface area contributed by atoms with Gasteiger partial charge in [-0.15, -0.1) is 0 Å². The minimum Gasteiger partial charge on any atom is -0.483 e. The van der Waals surface area contributed by atoms with E-state index < -0.39 is 11.7 Å². The third-order valence-electron chi connectivity index (χ3n) is 5.13. The van der Waals surface area contributed by atoms with Crippen LogP contribution >= 0.6 is 0 Å². The molecular weight excluding hydrogens is 435 g/mol. The third kappa shape index (κ3) is 5.66. The van der Waals surface area contributed by atoms with Gasteiger partial charge in [0.2, 0.25) is 0 Å². The average molecular weight is 458 g/mol. The van der Waals surface area contributed by atoms with E-state index in [1.165, 1.54) is 18.2 Å². The van der Waals surface area contributed by atoms with Crippen LogP contribution in [-0.2, 0) is 11.3 Å². The van der Waals surface area contributed by atoms with E-state index in [1.54, 1.807) is 36.5 Å². The van der Waals surface area contributed by atoms with E-state index in [9.17, 15) is 14.0 Å². The Morgan fingerprint density at radius 1 is 0.971 bits per heavy atom. The van der Waals surface area contributed by atoms with Gasteiger partial charge >= 0.3 is 0 Å². The van der Waals surface area contributed by atoms with Crippen LogP contribution in [0.5, 0.6) is 5.75 Å². The summed E-state index contributed by atoms with van der Waals surface area (Å²) in [6.45, 7) is 2.25. The molecule has 0 unspecified atom stereocenters. The SMILES string of the molecule is Cc1nccn1Cc1ccc(NC(=O)c2ccccc2OCC(=O)Nc2ccccc2F)cc1. The number of hydrogen-bond donors (Lipinski definition) is 2. The second-order valence-electron chi connectivity index (χ2n) is 7.57. The highest BCUT2D eigenvalue weighted by Gasteiger charge is 2.14. The Morgan fingerprint density at radius 3 is 2.44 bits per heavy atom. The number of carbonyl (C=O) groups excluding carboxylic acids is 2. The number of ether oxygens (including phenoxy) is 1. The van der Waals surface area contributed by atoms with Gasteiger partial charge < -0.3 is 19.9 Å². The van der Waals surface area contributed by atoms with E-state index in [-0.39, 0.29) is 29.5 Å². The van der Waals surface area contributed by atoms with Crippen LogP contribution < -0.4 is 15.4 Å². The van der Waals surface area contributed by atoms with Crippen molar-refractivity contribution in [1.82, 2.24) is 9.55 Å². The molecule has 7 nitrogen and oxygen atoms in total. The summed E-state index contributed by atoms with van der Waals surface area (Å²) in [4.78, 5) is 29.2. The van der Waals surface area contributed by atoms with Gasteiger partial charge in [-0.05, 0) is 48.9 Å². The van der Waals surface area contributed by atoms with Crippen LogP contribution in [0, 0.1) is 12.7 Å². The number of rotatable bonds is 8. The van der Waals surface area contributed by atoms with Crippen LogP contribution in [0.2, 0.25) is 0 Å². The summed E-state index contributed by atoms with van der Waals surface area (Å²) in [5.74, 6) is -0.276. The topological polar surface area (TPSA) is 85.2 Å². The normalized spacial score (nSPS) is 10.5. The van der Waals surface area contributed by atoms with E-state index in [1.807, 2.05) is 42.0 Å². The second kappa shape index (κ2) is 10.4. The average Bonchev–Trinajstić information content (AvgIpc) is 3.25. The Labute approximate surface area is 196 Å². The van der Waals surface area contributed by atoms with E-state index in [4.69, 9.17) is 4.74 Å². The molecule has 0 spiro atoms. The van der Waals surface area contributed by atoms with Gasteiger partial charge in [-0.3, -0.25) is 9.59 Å². The summed E-state index contributed by atoms with van der Waals surface area (Å²) in [5.41, 5.74) is 2.04. The number of para-hydroxylation sites is 2. The molecule has 34 heavy (non-hydrogen) atoms. The van der Waals surface area contributed by atoms with Crippen LogP contribution in [0.1, 0.15) is 21.7 Å². The Hall–Kier alpha value is -4.46. The summed E-state index contributed by atoms with van der Waals surface area (Å²) in [6.07, 6.45) is 3.67. The number of amides is 2. The molecule has 0 saturated heterocycles. The Balaban J connectivity index is 1.37. The van der Waals surface area contributed by atoms with E-state index in [0.717, 1.165) is 11.4 Å². The van der Waals surface area contributed by atoms with Crippen molar-refractivity contribution >= 4 is 23.2 Å². The number of carbonyl (C=O) groups is 2. The number of nitrogens with one attached hydrogen (secondary N) is 2. The molecule has 0 aliphatic carbocycles. The minimum atomic E-state index is -0.540. The number of halogens is 1. The van der Waals surface area contributed by atoms with E-state index >= 15 is 0 Å². The fraction of sp³-hybridized carbons (Fsp3) is 0.115. The highest BCUT2D eigenvalue weighted by molar-refractivity contribution is 6.06. The van der Waals surface area contributed by atoms with Crippen LogP contribution in [0.15, 0.2) is 85.2 Å². The lowest BCUT2D eigenvalue weighted by atomic mass is 10.1. The van der Waals surface area contributed by atoms with Gasteiger partial charge in [0, 0.05) is 24.6 Å². The molecule has 3 aromatic carbocycles. The summed E-state index contributed by atoms with van der Waals surface area (Å²) >= 11 is 0. The van der Waals surface area contributed by atoms with Crippen molar-refractivity contribution in [2.24, 2.45) is 0 Å². The van der Waals surface area contributed by atoms with Gasteiger partial charge in [0.05, 0.1) is 11.3 Å². The van der Waals surface area contributed by atoms with E-state index in [2.05, 4.69) is 15.6 Å². The molecule has 0 bridgehead atoms. The Bertz CT molecular complexity index is 1300. The van der Waals surface area contributed by atoms with Crippen molar-refractivity contribution in [3.8, 4) is 5.75 Å². The highest BCUT2D eigenvalue weighted by atomic mass is 19.1. The minimum absolute atomic E-state index is 0.0637. The molecule has 172 valence electrons. The van der Waals surface area contributed by atoms with Gasteiger partial charge in [0.15, 0.2) is 6.61 Å². The molecule has 0 radical (unpaired) electrons. The predicted molar refractivity (Wildman–Crippen MR) is 127 cm³/mol. The van der Waals surface area contributed by atoms with Crippen molar-refractivity contribution in [3.63, 3.8) is 0 Å². The first-order valence-electron chi connectivity index (χ1n) is 10.6. The zero-order valence-corrected chi connectivity index (χ0v) is 18.5. The van der Waals surface area contributed by atoms with Gasteiger partial charge in [-0.1, -0.05) is 36.4 Å². The smallest absolute Gasteiger partial charge is 0.262 e. The standard InChI is InChI=1S/C26H23FN4O3/c1-18-28-14-15-31(18)16-19-10-12-20(13-11-19)29-26(33)21-6-2-5-9-24(21)34-17-25(32)30-23-8-4-3-7-22(23)27/h2-15H,16-17H2,1H3,(H,29,33)(H,30,32). The Kier molecular flexibility index (Phi) is 6.98. The van der Waals surface area contributed by atoms with Gasteiger partial charge in [-0.25, -0.2) is 9.37 Å². The predicted octanol–water partition coefficient (Wildman–Crippen LogP) is 4.65. The molecule has 1 aromatic heterocycles. The molecule has 0 aliphatic heterocycles. The van der Waals surface area contributed by atoms with Crippen molar-refractivity contribution in [2.45, 2.75) is 13.5 Å². The second-order valence-corrected chi connectivity index (χ2v) is 7.57. The number of nitrogens with zero attached hydrogens (tertiary/aromatic N) is 2. The van der Waals surface area contributed by atoms with Crippen molar-refractivity contribution in [2.75, 3.05) is 17.2 Å². The summed E-state index contributed by atoms with van der Waals surface area (Å²) in [6, 6.07) is 20.0. The summed E-state index contributed by atoms with van der Waals surface area (Å²) in [7, 11) is 0. The first kappa shape index (κ1) is 22.7. The lowest BCUT2D eigenvalue weighted by molar-refractivity contribution is -0.118. The summed E-state index contributed by atoms with van der Waals surface area (Å²) in [5, 5.41) is 5.29. The quantitative estimate of drug-likeness (QED) is 0.403. The molecule has 1 heterocycles. The molecule has 0 atom stereocenters. The number of imidazole rings is 1. The first-order valence-corrected chi connectivity index (χ1v) is 10.6.